The lowest BCUT2D eigenvalue weighted by atomic mass is 9.83. The minimum Gasteiger partial charge on any atom is -0.393 e. The number of carbonyl (C=O) groups excluding carboxylic acids is 12. The Hall–Kier alpha value is -6.19. The first-order valence-electron chi connectivity index (χ1n) is 38.3. The molecule has 2 aliphatic heterocycles. The zero-order valence-corrected chi connectivity index (χ0v) is 66.1. The normalized spacial score (nSPS) is 27.8. The van der Waals surface area contributed by atoms with E-state index in [4.69, 9.17) is 16.3 Å². The molecule has 0 aromatic heterocycles. The van der Waals surface area contributed by atoms with E-state index >= 15 is 38.4 Å². The van der Waals surface area contributed by atoms with E-state index in [9.17, 15) is 29.4 Å². The van der Waals surface area contributed by atoms with Crippen molar-refractivity contribution in [3.8, 4) is 0 Å². The molecule has 2 saturated heterocycles. The molecule has 0 aromatic carbocycles. The second-order valence-corrected chi connectivity index (χ2v) is 32.3. The number of halogens is 1. The summed E-state index contributed by atoms with van der Waals surface area (Å²) in [4.78, 5) is 191. The molecule has 6 N–H and O–H groups in total. The van der Waals surface area contributed by atoms with Gasteiger partial charge in [-0.05, 0) is 126 Å². The molecule has 4 aliphatic rings. The van der Waals surface area contributed by atoms with Gasteiger partial charge in [0.05, 0.1) is 38.3 Å². The molecule has 588 valence electrons. The molecule has 0 aromatic rings. The predicted octanol–water partition coefficient (Wildman–Crippen LogP) is 4.68. The Labute approximate surface area is 619 Å². The summed E-state index contributed by atoms with van der Waals surface area (Å²) >= 11 is 6.78. The van der Waals surface area contributed by atoms with Crippen molar-refractivity contribution in [2.24, 2.45) is 35.5 Å². The van der Waals surface area contributed by atoms with Gasteiger partial charge < -0.3 is 75.4 Å². The molecule has 4 fully saturated rings. The third-order valence-electron chi connectivity index (χ3n) is 21.0. The van der Waals surface area contributed by atoms with Gasteiger partial charge in [0.25, 0.3) is 0 Å². The lowest BCUT2D eigenvalue weighted by molar-refractivity contribution is -0.152. The quantitative estimate of drug-likeness (QED) is 0.0671. The molecule has 12 amide bonds. The van der Waals surface area contributed by atoms with Crippen LogP contribution in [0.15, 0.2) is 0 Å². The van der Waals surface area contributed by atoms with Crippen LogP contribution in [0.1, 0.15) is 211 Å². The van der Waals surface area contributed by atoms with E-state index < -0.39 is 170 Å². The van der Waals surface area contributed by atoms with Crippen molar-refractivity contribution in [1.29, 1.82) is 0 Å². The molecule has 0 radical (unpaired) electrons. The van der Waals surface area contributed by atoms with Crippen molar-refractivity contribution in [3.05, 3.63) is 0 Å². The van der Waals surface area contributed by atoms with Crippen molar-refractivity contribution >= 4 is 82.5 Å². The predicted molar refractivity (Wildman–Crippen MR) is 394 cm³/mol. The molecule has 2 heterocycles. The van der Waals surface area contributed by atoms with Crippen molar-refractivity contribution in [2.75, 3.05) is 88.2 Å². The van der Waals surface area contributed by atoms with Crippen LogP contribution in [0.4, 0.5) is 0 Å². The number of ether oxygens (including phenoxy) is 1. The van der Waals surface area contributed by atoms with Crippen LogP contribution in [-0.2, 0) is 62.3 Å². The fourth-order valence-corrected chi connectivity index (χ4v) is 14.9. The highest BCUT2D eigenvalue weighted by molar-refractivity contribution is 6.20. The molecule has 0 spiro atoms. The Morgan fingerprint density at radius 3 is 1.54 bits per heavy atom. The summed E-state index contributed by atoms with van der Waals surface area (Å²) in [6, 6.07) is -12.1. The van der Waals surface area contributed by atoms with Crippen molar-refractivity contribution < 1.29 is 72.5 Å². The standard InChI is InChI=1S/C75H131ClN12O15/c1-18-19-32-88-44-64(93)83(14)61(41-53-29-26-30-54(76)39-53)73(100)85(16)58(37-47(4)5)68(95)78-56(45-103-35-31-50(10)89)71(98)84(15)57(36-46(2)3)67(94)77-55(72(99)87-33-24-21-25-34-87)42-62(91)81(12)43-63(92)82(13)60(40-52-27-22-20-23-28-52)70(97)79-65(49(8)9)74(101)86(17)59(38-48(6)7)69(96)80-66(51(11)90)75(88)102/h46-61,65-66,89-90H,18-45H2,1-17H3,(H,77,94)(H,78,95)(H,79,97)(H,80,96)/t50-,51-,53?,54?,55+,56+,57+,58+,59+,60+,61+,65+,66+/m1/s1. The topological polar surface area (TPSA) is 329 Å². The Morgan fingerprint density at radius 1 is 0.524 bits per heavy atom. The number of hydrogen-bond donors (Lipinski definition) is 6. The molecular weight excluding hydrogens is 1340 g/mol. The van der Waals surface area contributed by atoms with Gasteiger partial charge in [0.2, 0.25) is 70.9 Å². The number of nitrogens with one attached hydrogen (secondary N) is 4. The summed E-state index contributed by atoms with van der Waals surface area (Å²) in [5.41, 5.74) is 0. The fourth-order valence-electron chi connectivity index (χ4n) is 14.5. The lowest BCUT2D eigenvalue weighted by Gasteiger charge is -2.39. The van der Waals surface area contributed by atoms with Crippen LogP contribution in [0, 0.1) is 35.5 Å². The molecule has 28 heteroatoms. The number of likely N-dealkylation sites (tertiary alicyclic amines) is 1. The Kier molecular flexibility index (Phi) is 37.6. The molecule has 27 nitrogen and oxygen atoms in total. The summed E-state index contributed by atoms with van der Waals surface area (Å²) in [5.74, 6) is -9.79. The first-order valence-corrected chi connectivity index (χ1v) is 38.8. The van der Waals surface area contributed by atoms with Crippen LogP contribution in [0.3, 0.4) is 0 Å². The van der Waals surface area contributed by atoms with E-state index in [1.165, 1.54) is 78.6 Å². The van der Waals surface area contributed by atoms with Crippen molar-refractivity contribution in [2.45, 2.75) is 283 Å². The average molecular weight is 1480 g/mol. The molecular formula is C75H131ClN12O15. The number of unbranched alkanes of at least 4 members (excludes halogenated alkanes) is 1. The summed E-state index contributed by atoms with van der Waals surface area (Å²) in [5, 5.41) is 32.9. The first kappa shape index (κ1) is 89.2. The van der Waals surface area contributed by atoms with Crippen LogP contribution in [-0.4, -0.2) is 280 Å². The molecule has 2 unspecified atom stereocenters. The zero-order valence-electron chi connectivity index (χ0n) is 65.3. The number of alkyl halides is 1. The second kappa shape index (κ2) is 43.4. The average Bonchev–Trinajstić information content (AvgIpc) is 0.823. The monoisotopic (exact) mass is 1470 g/mol. The van der Waals surface area contributed by atoms with Crippen LogP contribution in [0.2, 0.25) is 0 Å². The number of piperidine rings is 1. The van der Waals surface area contributed by atoms with E-state index in [0.717, 1.165) is 56.3 Å². The number of aliphatic hydroxyl groups is 2. The maximum atomic E-state index is 15.6. The Balaban J connectivity index is 1.98. The minimum absolute atomic E-state index is 0.000271. The molecule has 4 rings (SSSR count). The first-order chi connectivity index (χ1) is 48.4. The van der Waals surface area contributed by atoms with Gasteiger partial charge in [0, 0.05) is 73.9 Å². The van der Waals surface area contributed by atoms with Gasteiger partial charge in [-0.25, -0.2) is 0 Å². The molecule has 13 atom stereocenters. The van der Waals surface area contributed by atoms with Gasteiger partial charge in [-0.3, -0.25) is 57.5 Å². The van der Waals surface area contributed by atoms with Gasteiger partial charge in [-0.15, -0.1) is 11.6 Å². The SMILES string of the molecule is CCCCN1CC(=O)N(C)[C@@H](CC2CCCC(Cl)C2)C(=O)N(C)[C@@H](CC(C)C)C(=O)N[C@@H](COCC[C@@H](C)O)C(=O)N(C)[C@@H](CC(C)C)C(=O)N[C@H](C(=O)N2CCCCC2)CC(=O)N(C)CC(=O)N(C)[C@@H](CC2CCCCC2)C(=O)N[C@@H](C(C)C)C(=O)N(C)[C@@H](CC(C)C)C(=O)N[C@@H]([C@@H](C)O)C1=O. The zero-order chi connectivity index (χ0) is 77.3. The smallest absolute Gasteiger partial charge is 0.248 e. The van der Waals surface area contributed by atoms with E-state index in [1.807, 2.05) is 48.5 Å². The number of amides is 12. The summed E-state index contributed by atoms with van der Waals surface area (Å²) in [6.45, 7) is 18.4. The van der Waals surface area contributed by atoms with Crippen LogP contribution >= 0.6 is 11.6 Å². The van der Waals surface area contributed by atoms with Gasteiger partial charge in [-0.1, -0.05) is 114 Å². The summed E-state index contributed by atoms with van der Waals surface area (Å²) < 4.78 is 5.99. The van der Waals surface area contributed by atoms with Crippen LogP contribution in [0.25, 0.3) is 0 Å². The minimum atomic E-state index is -1.64. The molecule has 2 saturated carbocycles. The summed E-state index contributed by atoms with van der Waals surface area (Å²) in [6.07, 6.45) is 8.09. The number of nitrogens with zero attached hydrogens (tertiary/aromatic N) is 8. The number of hydrogen-bond acceptors (Lipinski definition) is 15. The van der Waals surface area contributed by atoms with Gasteiger partial charge in [-0.2, -0.15) is 0 Å². The van der Waals surface area contributed by atoms with Crippen molar-refractivity contribution in [3.63, 3.8) is 0 Å². The van der Waals surface area contributed by atoms with Crippen LogP contribution < -0.4 is 21.3 Å². The van der Waals surface area contributed by atoms with Gasteiger partial charge in [0.1, 0.15) is 54.4 Å². The van der Waals surface area contributed by atoms with E-state index in [1.54, 1.807) is 25.7 Å². The highest BCUT2D eigenvalue weighted by atomic mass is 35.5. The van der Waals surface area contributed by atoms with Gasteiger partial charge >= 0.3 is 0 Å². The number of aliphatic hydroxyl groups excluding tert-OH is 2. The molecule has 0 bridgehead atoms. The van der Waals surface area contributed by atoms with E-state index in [2.05, 4.69) is 21.3 Å². The van der Waals surface area contributed by atoms with Gasteiger partial charge in [0.15, 0.2) is 0 Å². The highest BCUT2D eigenvalue weighted by Gasteiger charge is 2.44. The number of carbonyl (C=O) groups is 12. The third-order valence-corrected chi connectivity index (χ3v) is 21.4. The Morgan fingerprint density at radius 2 is 1.01 bits per heavy atom. The maximum Gasteiger partial charge on any atom is 0.248 e. The van der Waals surface area contributed by atoms with Crippen LogP contribution in [0.5, 0.6) is 0 Å². The second-order valence-electron chi connectivity index (χ2n) is 31.7. The summed E-state index contributed by atoms with van der Waals surface area (Å²) in [7, 11) is 8.56. The third kappa shape index (κ3) is 27.6. The number of likely N-dealkylation sites (N-methyl/N-ethyl adjacent to an activating group) is 6. The molecule has 103 heavy (non-hydrogen) atoms. The molecule has 2 aliphatic carbocycles. The number of rotatable bonds is 21. The fraction of sp³-hybridized carbons (Fsp3) is 0.840. The highest BCUT2D eigenvalue weighted by Crippen LogP contribution is 2.34. The van der Waals surface area contributed by atoms with E-state index in [-0.39, 0.29) is 86.6 Å². The lowest BCUT2D eigenvalue weighted by Crippen LogP contribution is -2.62. The van der Waals surface area contributed by atoms with E-state index in [0.29, 0.717) is 51.6 Å². The largest absolute Gasteiger partial charge is 0.393 e. The Bertz CT molecular complexity index is 2800. The maximum absolute atomic E-state index is 15.6. The van der Waals surface area contributed by atoms with Crippen molar-refractivity contribution in [1.82, 2.24) is 60.5 Å².